The lowest BCUT2D eigenvalue weighted by Gasteiger charge is -2.19. The molecule has 1 aromatic heterocycles. The molecular formula is C23H32N3O+. The molecule has 1 aromatic carbocycles. The first-order valence-corrected chi connectivity index (χ1v) is 10.4. The number of azo groups is 1. The third kappa shape index (κ3) is 6.78. The number of pyridine rings is 1. The summed E-state index contributed by atoms with van der Waals surface area (Å²) in [5.41, 5.74) is 0.841. The lowest BCUT2D eigenvalue weighted by atomic mass is 10.1. The Morgan fingerprint density at radius 2 is 1.41 bits per heavy atom. The van der Waals surface area contributed by atoms with Crippen LogP contribution in [0, 0.1) is 0 Å². The highest BCUT2D eigenvalue weighted by Crippen LogP contribution is 2.24. The van der Waals surface area contributed by atoms with Crippen molar-refractivity contribution in [2.24, 2.45) is 17.3 Å². The third-order valence-electron chi connectivity index (χ3n) is 5.24. The lowest BCUT2D eigenvalue weighted by Crippen LogP contribution is -2.26. The monoisotopic (exact) mass is 366 g/mol. The molecule has 0 saturated heterocycles. The molecule has 4 heteroatoms. The van der Waals surface area contributed by atoms with E-state index in [2.05, 4.69) is 10.2 Å². The highest BCUT2D eigenvalue weighted by molar-refractivity contribution is 5.41. The first-order valence-electron chi connectivity index (χ1n) is 10.4. The summed E-state index contributed by atoms with van der Waals surface area (Å²) < 4.78 is 8.24. The number of ether oxygens (including phenoxy) is 1. The minimum Gasteiger partial charge on any atom is -0.490 e. The van der Waals surface area contributed by atoms with Crippen molar-refractivity contribution < 1.29 is 9.30 Å². The summed E-state index contributed by atoms with van der Waals surface area (Å²) in [5.74, 6) is 1.77. The number of hydrogen-bond acceptors (Lipinski definition) is 3. The van der Waals surface area contributed by atoms with Gasteiger partial charge in [-0.2, -0.15) is 0 Å². The van der Waals surface area contributed by atoms with Crippen LogP contribution in [0.1, 0.15) is 64.2 Å². The normalized spacial score (nSPS) is 17.5. The molecule has 0 bridgehead atoms. The van der Waals surface area contributed by atoms with E-state index in [1.54, 1.807) is 0 Å². The molecule has 0 unspecified atom stereocenters. The van der Waals surface area contributed by atoms with Gasteiger partial charge in [0, 0.05) is 6.07 Å². The zero-order chi connectivity index (χ0) is 18.7. The largest absolute Gasteiger partial charge is 0.490 e. The Morgan fingerprint density at radius 3 is 2.04 bits per heavy atom. The van der Waals surface area contributed by atoms with Gasteiger partial charge in [0.1, 0.15) is 11.4 Å². The Bertz CT molecular complexity index is 700. The second-order valence-electron chi connectivity index (χ2n) is 7.51. The summed E-state index contributed by atoms with van der Waals surface area (Å²) in [5, 5.41) is 8.65. The smallest absolute Gasteiger partial charge is 0.350 e. The van der Waals surface area contributed by atoms with Gasteiger partial charge in [0.25, 0.3) is 0 Å². The molecule has 0 amide bonds. The van der Waals surface area contributed by atoms with Gasteiger partial charge in [0.2, 0.25) is 0 Å². The van der Waals surface area contributed by atoms with Crippen molar-refractivity contribution in [3.8, 4) is 5.75 Å². The van der Waals surface area contributed by atoms with E-state index in [0.29, 0.717) is 6.10 Å². The van der Waals surface area contributed by atoms with E-state index in [1.165, 1.54) is 64.2 Å². The van der Waals surface area contributed by atoms with Gasteiger partial charge in [-0.25, -0.2) is 4.57 Å². The molecule has 1 saturated carbocycles. The number of aryl methyl sites for hydroxylation is 1. The van der Waals surface area contributed by atoms with Crippen molar-refractivity contribution in [2.45, 2.75) is 70.3 Å². The average Bonchev–Trinajstić information content (AvgIpc) is 2.75. The fourth-order valence-corrected chi connectivity index (χ4v) is 3.58. The van der Waals surface area contributed by atoms with Gasteiger partial charge in [0.05, 0.1) is 24.5 Å². The van der Waals surface area contributed by atoms with Crippen LogP contribution in [0.25, 0.3) is 0 Å². The topological polar surface area (TPSA) is 37.8 Å². The second-order valence-corrected chi connectivity index (χ2v) is 7.51. The second kappa shape index (κ2) is 10.8. The maximum Gasteiger partial charge on any atom is 0.350 e. The first-order chi connectivity index (χ1) is 13.3. The minimum absolute atomic E-state index is 0.346. The minimum atomic E-state index is 0.346. The molecule has 1 aliphatic rings. The Morgan fingerprint density at radius 1 is 0.778 bits per heavy atom. The van der Waals surface area contributed by atoms with Gasteiger partial charge in [0.15, 0.2) is 0 Å². The molecule has 0 radical (unpaired) electrons. The Kier molecular flexibility index (Phi) is 7.82. The van der Waals surface area contributed by atoms with E-state index in [9.17, 15) is 0 Å². The zero-order valence-electron chi connectivity index (χ0n) is 16.5. The zero-order valence-corrected chi connectivity index (χ0v) is 16.5. The predicted octanol–water partition coefficient (Wildman–Crippen LogP) is 6.59. The molecule has 4 nitrogen and oxygen atoms in total. The number of benzene rings is 1. The van der Waals surface area contributed by atoms with E-state index in [1.807, 2.05) is 60.3 Å². The van der Waals surface area contributed by atoms with Crippen molar-refractivity contribution in [3.63, 3.8) is 0 Å². The molecule has 0 atom stereocenters. The van der Waals surface area contributed by atoms with Gasteiger partial charge < -0.3 is 4.74 Å². The van der Waals surface area contributed by atoms with E-state index >= 15 is 0 Å². The molecule has 1 aliphatic carbocycles. The summed E-state index contributed by atoms with van der Waals surface area (Å²) >= 11 is 0. The molecule has 0 N–H and O–H groups in total. The van der Waals surface area contributed by atoms with Crippen molar-refractivity contribution >= 4 is 11.5 Å². The predicted molar refractivity (Wildman–Crippen MR) is 109 cm³/mol. The quantitative estimate of drug-likeness (QED) is 0.444. The molecule has 1 heterocycles. The number of hydrogen-bond donors (Lipinski definition) is 0. The fraction of sp³-hybridized carbons (Fsp3) is 0.522. The third-order valence-corrected chi connectivity index (χ3v) is 5.24. The van der Waals surface area contributed by atoms with Crippen LogP contribution in [0.3, 0.4) is 0 Å². The molecule has 3 rings (SSSR count). The van der Waals surface area contributed by atoms with Crippen molar-refractivity contribution in [2.75, 3.05) is 0 Å². The summed E-state index contributed by atoms with van der Waals surface area (Å²) in [4.78, 5) is 0. The van der Waals surface area contributed by atoms with Gasteiger partial charge in [-0.3, -0.25) is 0 Å². The number of rotatable bonds is 4. The SMILES string of the molecule is C[n+]1ccccc1N=Nc1ccc(OC2CCCCCCCCCC2)cc1. The van der Waals surface area contributed by atoms with Crippen LogP contribution in [0.2, 0.25) is 0 Å². The molecule has 0 aliphatic heterocycles. The van der Waals surface area contributed by atoms with Gasteiger partial charge in [-0.15, -0.1) is 0 Å². The molecule has 2 aromatic rings. The number of nitrogens with zero attached hydrogens (tertiary/aromatic N) is 3. The van der Waals surface area contributed by atoms with E-state index in [4.69, 9.17) is 4.74 Å². The lowest BCUT2D eigenvalue weighted by molar-refractivity contribution is -0.658. The van der Waals surface area contributed by atoms with Crippen LogP contribution >= 0.6 is 0 Å². The summed E-state index contributed by atoms with van der Waals surface area (Å²) in [6.45, 7) is 0. The van der Waals surface area contributed by atoms with Crippen LogP contribution in [0.4, 0.5) is 11.5 Å². The average molecular weight is 367 g/mol. The first kappa shape index (κ1) is 19.5. The highest BCUT2D eigenvalue weighted by atomic mass is 16.5. The van der Waals surface area contributed by atoms with Crippen LogP contribution in [0.5, 0.6) is 5.75 Å². The van der Waals surface area contributed by atoms with Crippen LogP contribution in [0.15, 0.2) is 58.9 Å². The Labute approximate surface area is 163 Å². The summed E-state index contributed by atoms with van der Waals surface area (Å²) in [6.07, 6.45) is 15.5. The van der Waals surface area contributed by atoms with Crippen LogP contribution in [-0.4, -0.2) is 6.10 Å². The summed E-state index contributed by atoms with van der Waals surface area (Å²) in [6, 6.07) is 13.9. The molecule has 0 spiro atoms. The maximum atomic E-state index is 6.29. The van der Waals surface area contributed by atoms with E-state index in [-0.39, 0.29) is 0 Å². The van der Waals surface area contributed by atoms with Crippen LogP contribution < -0.4 is 9.30 Å². The maximum absolute atomic E-state index is 6.29. The number of aromatic nitrogens is 1. The van der Waals surface area contributed by atoms with Gasteiger partial charge >= 0.3 is 5.82 Å². The van der Waals surface area contributed by atoms with E-state index < -0.39 is 0 Å². The van der Waals surface area contributed by atoms with Gasteiger partial charge in [-0.05, 0) is 61.1 Å². The van der Waals surface area contributed by atoms with Crippen LogP contribution in [-0.2, 0) is 7.05 Å². The molecule has 27 heavy (non-hydrogen) atoms. The van der Waals surface area contributed by atoms with E-state index in [0.717, 1.165) is 17.3 Å². The Hall–Kier alpha value is -2.23. The summed E-state index contributed by atoms with van der Waals surface area (Å²) in [7, 11) is 1.96. The molecule has 144 valence electrons. The highest BCUT2D eigenvalue weighted by Gasteiger charge is 2.12. The van der Waals surface area contributed by atoms with Crippen molar-refractivity contribution in [3.05, 3.63) is 48.7 Å². The standard InChI is InChI=1S/C23H32N3O/c1-26-19-11-10-14-23(26)25-24-20-15-17-22(18-16-20)27-21-12-8-6-4-2-3-5-7-9-13-21/h10-11,14-19,21H,2-9,12-13H2,1H3/q+1. The molecule has 1 fully saturated rings. The fourth-order valence-electron chi connectivity index (χ4n) is 3.58. The van der Waals surface area contributed by atoms with Crippen molar-refractivity contribution in [1.82, 2.24) is 0 Å². The Balaban J connectivity index is 1.56. The van der Waals surface area contributed by atoms with Crippen molar-refractivity contribution in [1.29, 1.82) is 0 Å². The molecular weight excluding hydrogens is 334 g/mol. The van der Waals surface area contributed by atoms with Gasteiger partial charge in [-0.1, -0.05) is 44.6 Å².